The van der Waals surface area contributed by atoms with E-state index in [0.717, 1.165) is 57.2 Å². The third kappa shape index (κ3) is 3.61. The quantitative estimate of drug-likeness (QED) is 0.323. The highest BCUT2D eigenvalue weighted by atomic mass is 19.1. The fraction of sp³-hybridized carbons (Fsp3) is 0.214. The number of halogens is 1. The lowest BCUT2D eigenvalue weighted by Gasteiger charge is -2.26. The van der Waals surface area contributed by atoms with Crippen molar-refractivity contribution in [2.45, 2.75) is 18.8 Å². The molecule has 0 atom stereocenters. The summed E-state index contributed by atoms with van der Waals surface area (Å²) in [6.45, 7) is 1.30. The smallest absolute Gasteiger partial charge is 0.335 e. The molecule has 2 N–H and O–H groups in total. The second-order valence-electron chi connectivity index (χ2n) is 9.01. The van der Waals surface area contributed by atoms with Crippen LogP contribution in [0.2, 0.25) is 0 Å². The zero-order chi connectivity index (χ0) is 24.8. The van der Waals surface area contributed by atoms with Gasteiger partial charge in [-0.25, -0.2) is 9.18 Å². The highest BCUT2D eigenvalue weighted by molar-refractivity contribution is 6.07. The lowest BCUT2D eigenvalue weighted by atomic mass is 9.89. The summed E-state index contributed by atoms with van der Waals surface area (Å²) >= 11 is 0. The number of aromatic carboxylic acids is 1. The van der Waals surface area contributed by atoms with Crippen LogP contribution < -0.4 is 4.74 Å². The summed E-state index contributed by atoms with van der Waals surface area (Å²) in [4.78, 5) is 11.7. The molecule has 0 bridgehead atoms. The van der Waals surface area contributed by atoms with Crippen molar-refractivity contribution in [2.75, 3.05) is 20.3 Å². The topological polar surface area (TPSA) is 89.4 Å². The minimum atomic E-state index is -1.02. The van der Waals surface area contributed by atoms with Gasteiger partial charge < -0.3 is 19.1 Å². The first-order chi connectivity index (χ1) is 17.5. The van der Waals surface area contributed by atoms with Crippen molar-refractivity contribution in [3.63, 3.8) is 0 Å². The van der Waals surface area contributed by atoms with Crippen LogP contribution in [0.15, 0.2) is 60.8 Å². The van der Waals surface area contributed by atoms with Crippen molar-refractivity contribution in [3.05, 3.63) is 77.9 Å². The summed E-state index contributed by atoms with van der Waals surface area (Å²) < 4.78 is 27.5. The van der Waals surface area contributed by atoms with Crippen molar-refractivity contribution < 1.29 is 23.8 Å². The molecule has 0 aliphatic carbocycles. The fourth-order valence-electron chi connectivity index (χ4n) is 5.28. The Balaban J connectivity index is 1.75. The Bertz CT molecular complexity index is 1600. The molecule has 1 aliphatic heterocycles. The minimum Gasteiger partial charge on any atom is -0.496 e. The summed E-state index contributed by atoms with van der Waals surface area (Å²) in [5.41, 5.74) is 5.68. The Hall–Kier alpha value is -4.17. The van der Waals surface area contributed by atoms with E-state index in [1.165, 1.54) is 12.1 Å². The number of H-pyrrole nitrogens is 1. The maximum atomic E-state index is 13.9. The number of methoxy groups -OCH3 is 1. The van der Waals surface area contributed by atoms with E-state index in [1.807, 2.05) is 6.07 Å². The van der Waals surface area contributed by atoms with E-state index in [9.17, 15) is 14.3 Å². The average molecular weight is 486 g/mol. The Morgan fingerprint density at radius 1 is 1.14 bits per heavy atom. The molecule has 1 aliphatic rings. The molecular weight excluding hydrogens is 461 g/mol. The van der Waals surface area contributed by atoms with Crippen LogP contribution in [0.4, 0.5) is 4.39 Å². The first-order valence-corrected chi connectivity index (χ1v) is 11.8. The second kappa shape index (κ2) is 8.80. The molecule has 0 unspecified atom stereocenters. The summed E-state index contributed by atoms with van der Waals surface area (Å²) in [5, 5.41) is 18.7. The van der Waals surface area contributed by atoms with E-state index < -0.39 is 5.97 Å². The average Bonchev–Trinajstić information content (AvgIpc) is 3.49. The molecule has 36 heavy (non-hydrogen) atoms. The first kappa shape index (κ1) is 22.3. The number of aromatic amines is 1. The molecule has 0 spiro atoms. The monoisotopic (exact) mass is 485 g/mol. The van der Waals surface area contributed by atoms with Gasteiger partial charge in [-0.3, -0.25) is 5.10 Å². The molecule has 1 saturated heterocycles. The largest absolute Gasteiger partial charge is 0.496 e. The van der Waals surface area contributed by atoms with Gasteiger partial charge in [0.2, 0.25) is 0 Å². The second-order valence-corrected chi connectivity index (χ2v) is 9.01. The van der Waals surface area contributed by atoms with Crippen molar-refractivity contribution >= 4 is 27.8 Å². The van der Waals surface area contributed by atoms with Gasteiger partial charge in [-0.15, -0.1) is 0 Å². The molecular formula is C28H24FN3O4. The summed E-state index contributed by atoms with van der Waals surface area (Å²) in [5.74, 6) is -0.666. The molecule has 8 heteroatoms. The molecule has 0 radical (unpaired) electrons. The van der Waals surface area contributed by atoms with Crippen LogP contribution in [0, 0.1) is 5.82 Å². The van der Waals surface area contributed by atoms with Crippen LogP contribution in [0.3, 0.4) is 0 Å². The van der Waals surface area contributed by atoms with E-state index in [2.05, 4.69) is 26.9 Å². The number of ether oxygens (including phenoxy) is 2. The predicted molar refractivity (Wildman–Crippen MR) is 135 cm³/mol. The SMILES string of the molecule is COc1cc(C(=O)O)ccc1-c1c(C2CCOCC2)n(-c2ccc(F)cc2)c2cc3cn[nH]c3cc12. The summed E-state index contributed by atoms with van der Waals surface area (Å²) in [6.07, 6.45) is 3.45. The molecule has 0 amide bonds. The number of carboxylic acid groups (broad SMARTS) is 1. The van der Waals surface area contributed by atoms with Gasteiger partial charge in [0.05, 0.1) is 29.9 Å². The van der Waals surface area contributed by atoms with Crippen LogP contribution in [0.1, 0.15) is 34.8 Å². The third-order valence-corrected chi connectivity index (χ3v) is 6.97. The predicted octanol–water partition coefficient (Wildman–Crippen LogP) is 5.91. The van der Waals surface area contributed by atoms with Gasteiger partial charge in [0.25, 0.3) is 0 Å². The molecule has 2 aromatic heterocycles. The Morgan fingerprint density at radius 3 is 2.64 bits per heavy atom. The van der Waals surface area contributed by atoms with Crippen LogP contribution in [0.5, 0.6) is 5.75 Å². The van der Waals surface area contributed by atoms with Gasteiger partial charge in [0, 0.05) is 52.4 Å². The zero-order valence-electron chi connectivity index (χ0n) is 19.6. The van der Waals surface area contributed by atoms with E-state index in [-0.39, 0.29) is 17.3 Å². The van der Waals surface area contributed by atoms with Crippen LogP contribution in [-0.2, 0) is 4.74 Å². The lowest BCUT2D eigenvalue weighted by Crippen LogP contribution is -2.17. The minimum absolute atomic E-state index is 0.154. The molecule has 1 fully saturated rings. The van der Waals surface area contributed by atoms with Crippen molar-refractivity contribution in [3.8, 4) is 22.6 Å². The Labute approximate surface area is 206 Å². The standard InChI is InChI=1S/C28H24FN3O4/c1-35-25-13-17(28(33)34)2-7-21(25)26-22-14-23-18(15-30-31-23)12-24(22)32(20-5-3-19(29)4-6-20)27(26)16-8-10-36-11-9-16/h2-7,12-16H,8-11H2,1H3,(H,30,31)(H,33,34). The van der Waals surface area contributed by atoms with Crippen LogP contribution in [-0.4, -0.2) is 46.2 Å². The van der Waals surface area contributed by atoms with E-state index in [1.54, 1.807) is 37.6 Å². The number of hydrogen-bond acceptors (Lipinski definition) is 4. The number of carbonyl (C=O) groups is 1. The molecule has 3 aromatic carbocycles. The number of rotatable bonds is 5. The van der Waals surface area contributed by atoms with Crippen molar-refractivity contribution in [2.24, 2.45) is 0 Å². The highest BCUT2D eigenvalue weighted by Gasteiger charge is 2.29. The van der Waals surface area contributed by atoms with Gasteiger partial charge in [0.1, 0.15) is 11.6 Å². The number of benzene rings is 3. The van der Waals surface area contributed by atoms with E-state index in [0.29, 0.717) is 19.0 Å². The Kier molecular flexibility index (Phi) is 5.45. The summed E-state index contributed by atoms with van der Waals surface area (Å²) in [7, 11) is 1.55. The molecule has 5 aromatic rings. The zero-order valence-corrected chi connectivity index (χ0v) is 19.6. The molecule has 182 valence electrons. The number of hydrogen-bond donors (Lipinski definition) is 2. The number of fused-ring (bicyclic) bond motifs is 2. The van der Waals surface area contributed by atoms with Crippen molar-refractivity contribution in [1.29, 1.82) is 0 Å². The molecule has 6 rings (SSSR count). The van der Waals surface area contributed by atoms with Gasteiger partial charge in [0.15, 0.2) is 0 Å². The molecule has 0 saturated carbocycles. The number of carboxylic acids is 1. The molecule has 7 nitrogen and oxygen atoms in total. The summed E-state index contributed by atoms with van der Waals surface area (Å²) in [6, 6.07) is 15.6. The number of aromatic nitrogens is 3. The van der Waals surface area contributed by atoms with Crippen LogP contribution >= 0.6 is 0 Å². The maximum Gasteiger partial charge on any atom is 0.335 e. The fourth-order valence-corrected chi connectivity index (χ4v) is 5.28. The van der Waals surface area contributed by atoms with Gasteiger partial charge in [-0.1, -0.05) is 0 Å². The number of nitrogens with one attached hydrogen (secondary N) is 1. The van der Waals surface area contributed by atoms with Gasteiger partial charge >= 0.3 is 5.97 Å². The third-order valence-electron chi connectivity index (χ3n) is 6.97. The highest BCUT2D eigenvalue weighted by Crippen LogP contribution is 2.47. The van der Waals surface area contributed by atoms with E-state index >= 15 is 0 Å². The first-order valence-electron chi connectivity index (χ1n) is 11.8. The van der Waals surface area contributed by atoms with Crippen LogP contribution in [0.25, 0.3) is 38.6 Å². The lowest BCUT2D eigenvalue weighted by molar-refractivity contribution is 0.0696. The van der Waals surface area contributed by atoms with Gasteiger partial charge in [-0.2, -0.15) is 5.10 Å². The Morgan fingerprint density at radius 2 is 1.92 bits per heavy atom. The molecule has 3 heterocycles. The number of nitrogens with zero attached hydrogens (tertiary/aromatic N) is 2. The maximum absolute atomic E-state index is 13.9. The van der Waals surface area contributed by atoms with Crippen molar-refractivity contribution in [1.82, 2.24) is 14.8 Å². The van der Waals surface area contributed by atoms with E-state index in [4.69, 9.17) is 9.47 Å². The van der Waals surface area contributed by atoms with Gasteiger partial charge in [-0.05, 0) is 67.4 Å². The normalized spacial score (nSPS) is 14.5.